The molecule has 0 atom stereocenters. The number of nitrogens with one attached hydrogen (secondary N) is 1. The maximum atomic E-state index is 11.6. The molecule has 1 heterocycles. The van der Waals surface area contributed by atoms with E-state index < -0.39 is 14.8 Å². The summed E-state index contributed by atoms with van der Waals surface area (Å²) in [6, 6.07) is 12.7. The van der Waals surface area contributed by atoms with Gasteiger partial charge in [0.05, 0.1) is 15.5 Å². The average molecular weight is 375 g/mol. The molecule has 128 valence electrons. The molecule has 2 aromatic carbocycles. The zero-order valence-electron chi connectivity index (χ0n) is 13.0. The van der Waals surface area contributed by atoms with Gasteiger partial charge < -0.3 is 5.32 Å². The lowest BCUT2D eigenvalue weighted by atomic mass is 10.1. The van der Waals surface area contributed by atoms with E-state index in [2.05, 4.69) is 10.3 Å². The van der Waals surface area contributed by atoms with Gasteiger partial charge in [-0.05, 0) is 18.2 Å². The van der Waals surface area contributed by atoms with Crippen LogP contribution in [-0.4, -0.2) is 24.6 Å². The van der Waals surface area contributed by atoms with E-state index >= 15 is 0 Å². The smallest absolute Gasteiger partial charge is 0.270 e. The van der Waals surface area contributed by atoms with E-state index in [1.54, 1.807) is 29.6 Å². The first-order valence-corrected chi connectivity index (χ1v) is 9.87. The highest BCUT2D eigenvalue weighted by Crippen LogP contribution is 2.29. The molecule has 0 aliphatic carbocycles. The molecule has 25 heavy (non-hydrogen) atoms. The monoisotopic (exact) mass is 375 g/mol. The summed E-state index contributed by atoms with van der Waals surface area (Å²) in [5.41, 5.74) is 1.85. The van der Waals surface area contributed by atoms with Gasteiger partial charge in [0.15, 0.2) is 15.0 Å². The minimum Gasteiger partial charge on any atom is -0.331 e. The van der Waals surface area contributed by atoms with Crippen molar-refractivity contribution in [3.05, 3.63) is 64.0 Å². The number of nitro benzene ring substituents is 1. The van der Waals surface area contributed by atoms with Crippen LogP contribution in [0.1, 0.15) is 0 Å². The number of hydrogen-bond donors (Lipinski definition) is 1. The van der Waals surface area contributed by atoms with E-state index in [1.165, 1.54) is 35.6 Å². The lowest BCUT2D eigenvalue weighted by molar-refractivity contribution is -0.384. The van der Waals surface area contributed by atoms with Crippen molar-refractivity contribution in [3.8, 4) is 11.3 Å². The minimum absolute atomic E-state index is 0.000799. The quantitative estimate of drug-likeness (QED) is 0.536. The van der Waals surface area contributed by atoms with Gasteiger partial charge in [-0.25, -0.2) is 13.4 Å². The maximum Gasteiger partial charge on any atom is 0.270 e. The number of hydrogen-bond acceptors (Lipinski definition) is 7. The van der Waals surface area contributed by atoms with Crippen molar-refractivity contribution in [1.82, 2.24) is 4.98 Å². The lowest BCUT2D eigenvalue weighted by Gasteiger charge is -2.04. The Hall–Kier alpha value is -2.78. The van der Waals surface area contributed by atoms with E-state index in [4.69, 9.17) is 0 Å². The number of nitro groups is 1. The number of rotatable bonds is 5. The fourth-order valence-corrected chi connectivity index (χ4v) is 3.58. The molecule has 0 aliphatic heterocycles. The normalized spacial score (nSPS) is 11.2. The van der Waals surface area contributed by atoms with Gasteiger partial charge in [0.2, 0.25) is 0 Å². The zero-order valence-corrected chi connectivity index (χ0v) is 14.7. The lowest BCUT2D eigenvalue weighted by Crippen LogP contribution is -1.98. The zero-order chi connectivity index (χ0) is 18.0. The van der Waals surface area contributed by atoms with Gasteiger partial charge in [0, 0.05) is 35.0 Å². The van der Waals surface area contributed by atoms with Crippen molar-refractivity contribution < 1.29 is 13.3 Å². The highest BCUT2D eigenvalue weighted by Gasteiger charge is 2.11. The van der Waals surface area contributed by atoms with Crippen molar-refractivity contribution in [1.29, 1.82) is 0 Å². The van der Waals surface area contributed by atoms with Gasteiger partial charge in [-0.1, -0.05) is 18.2 Å². The number of nitrogens with zero attached hydrogens (tertiary/aromatic N) is 2. The third-order valence-corrected chi connectivity index (χ3v) is 5.24. The first-order valence-electron chi connectivity index (χ1n) is 7.10. The second kappa shape index (κ2) is 6.61. The Labute approximate surface area is 148 Å². The van der Waals surface area contributed by atoms with Gasteiger partial charge in [-0.2, -0.15) is 0 Å². The van der Waals surface area contributed by atoms with Crippen LogP contribution in [0.4, 0.5) is 16.5 Å². The van der Waals surface area contributed by atoms with E-state index in [9.17, 15) is 18.5 Å². The topological polar surface area (TPSA) is 102 Å². The van der Waals surface area contributed by atoms with Crippen LogP contribution in [0.15, 0.2) is 58.8 Å². The molecule has 1 N–H and O–H groups in total. The van der Waals surface area contributed by atoms with Crippen molar-refractivity contribution in [3.63, 3.8) is 0 Å². The fraction of sp³-hybridized carbons (Fsp3) is 0.0625. The first-order chi connectivity index (χ1) is 11.8. The molecule has 3 aromatic rings. The molecule has 0 saturated heterocycles. The predicted octanol–water partition coefficient (Wildman–Crippen LogP) is 3.87. The van der Waals surface area contributed by atoms with E-state index in [0.717, 1.165) is 6.26 Å². The van der Waals surface area contributed by atoms with Gasteiger partial charge in [-0.15, -0.1) is 11.3 Å². The molecule has 0 unspecified atom stereocenters. The molecule has 7 nitrogen and oxygen atoms in total. The van der Waals surface area contributed by atoms with Crippen LogP contribution in [-0.2, 0) is 9.84 Å². The number of aromatic nitrogens is 1. The predicted molar refractivity (Wildman–Crippen MR) is 97.0 cm³/mol. The number of non-ortho nitro benzene ring substituents is 1. The molecule has 0 saturated carbocycles. The Morgan fingerprint density at radius 3 is 2.64 bits per heavy atom. The van der Waals surface area contributed by atoms with Crippen molar-refractivity contribution in [2.45, 2.75) is 4.90 Å². The maximum absolute atomic E-state index is 11.6. The molecule has 9 heteroatoms. The molecular weight excluding hydrogens is 362 g/mol. The summed E-state index contributed by atoms with van der Waals surface area (Å²) < 4.78 is 23.2. The molecule has 3 rings (SSSR count). The van der Waals surface area contributed by atoms with Crippen LogP contribution in [0.5, 0.6) is 0 Å². The van der Waals surface area contributed by atoms with E-state index in [0.29, 0.717) is 22.1 Å². The summed E-state index contributed by atoms with van der Waals surface area (Å²) >= 11 is 1.33. The Kier molecular flexibility index (Phi) is 4.51. The summed E-state index contributed by atoms with van der Waals surface area (Å²) in [6.07, 6.45) is 1.15. The molecule has 0 fully saturated rings. The molecule has 0 spiro atoms. The summed E-state index contributed by atoms with van der Waals surface area (Å²) in [7, 11) is -3.29. The molecule has 0 aliphatic rings. The largest absolute Gasteiger partial charge is 0.331 e. The van der Waals surface area contributed by atoms with Gasteiger partial charge in [0.1, 0.15) is 0 Å². The first kappa shape index (κ1) is 17.1. The van der Waals surface area contributed by atoms with E-state index in [-0.39, 0.29) is 10.6 Å². The third kappa shape index (κ3) is 4.01. The molecular formula is C16H13N3O4S2. The van der Waals surface area contributed by atoms with Crippen LogP contribution in [0.3, 0.4) is 0 Å². The minimum atomic E-state index is -3.29. The Morgan fingerprint density at radius 1 is 1.16 bits per heavy atom. The molecule has 0 bridgehead atoms. The van der Waals surface area contributed by atoms with Crippen LogP contribution in [0.2, 0.25) is 0 Å². The van der Waals surface area contributed by atoms with E-state index in [1.807, 2.05) is 0 Å². The second-order valence-corrected chi connectivity index (χ2v) is 8.14. The SMILES string of the molecule is CS(=O)(=O)c1cccc(Nc2nc(-c3cccc([N+](=O)[O-])c3)cs2)c1. The Morgan fingerprint density at radius 2 is 1.92 bits per heavy atom. The summed E-state index contributed by atoms with van der Waals surface area (Å²) in [4.78, 5) is 15.0. The molecule has 0 radical (unpaired) electrons. The Balaban J connectivity index is 1.85. The number of thiazole rings is 1. The average Bonchev–Trinajstić information content (AvgIpc) is 3.03. The van der Waals surface area contributed by atoms with Gasteiger partial charge >= 0.3 is 0 Å². The number of sulfone groups is 1. The van der Waals surface area contributed by atoms with Crippen LogP contribution in [0, 0.1) is 10.1 Å². The van der Waals surface area contributed by atoms with Crippen LogP contribution in [0.25, 0.3) is 11.3 Å². The highest BCUT2D eigenvalue weighted by atomic mass is 32.2. The summed E-state index contributed by atoms with van der Waals surface area (Å²) in [6.45, 7) is 0. The fourth-order valence-electron chi connectivity index (χ4n) is 2.17. The van der Waals surface area contributed by atoms with Gasteiger partial charge in [-0.3, -0.25) is 10.1 Å². The summed E-state index contributed by atoms with van der Waals surface area (Å²) in [5.74, 6) is 0. The van der Waals surface area contributed by atoms with Crippen molar-refractivity contribution in [2.24, 2.45) is 0 Å². The van der Waals surface area contributed by atoms with Crippen molar-refractivity contribution >= 4 is 37.7 Å². The third-order valence-electron chi connectivity index (χ3n) is 3.37. The highest BCUT2D eigenvalue weighted by molar-refractivity contribution is 7.90. The number of benzene rings is 2. The van der Waals surface area contributed by atoms with Crippen LogP contribution < -0.4 is 5.32 Å². The molecule has 1 aromatic heterocycles. The standard InChI is InChI=1S/C16H13N3O4S2/c1-25(22,23)14-7-3-5-12(9-14)17-16-18-15(10-24-16)11-4-2-6-13(8-11)19(20)21/h2-10H,1H3,(H,17,18). The number of anilines is 2. The summed E-state index contributed by atoms with van der Waals surface area (Å²) in [5, 5.41) is 16.3. The van der Waals surface area contributed by atoms with Crippen molar-refractivity contribution in [2.75, 3.05) is 11.6 Å². The van der Waals surface area contributed by atoms with Crippen LogP contribution >= 0.6 is 11.3 Å². The van der Waals surface area contributed by atoms with Gasteiger partial charge in [0.25, 0.3) is 5.69 Å². The second-order valence-electron chi connectivity index (χ2n) is 5.27. The molecule has 0 amide bonds. The Bertz CT molecular complexity index is 1040.